The second-order valence-electron chi connectivity index (χ2n) is 5.42. The van der Waals surface area contributed by atoms with E-state index in [1.54, 1.807) is 16.2 Å². The number of carbonyl (C=O) groups excluding carboxylic acids is 3. The Morgan fingerprint density at radius 2 is 2.33 bits per heavy atom. The number of nitrogens with one attached hydrogen (secondary N) is 2. The van der Waals surface area contributed by atoms with E-state index < -0.39 is 12.1 Å². The molecule has 3 rings (SSSR count). The number of carbonyl (C=O) groups is 3. The summed E-state index contributed by atoms with van der Waals surface area (Å²) in [5.74, 6) is -0.406. The Morgan fingerprint density at radius 3 is 3.00 bits per heavy atom. The highest BCUT2D eigenvalue weighted by molar-refractivity contribution is 7.09. The molecule has 0 aliphatic carbocycles. The van der Waals surface area contributed by atoms with Crippen LogP contribution in [0.15, 0.2) is 17.5 Å². The summed E-state index contributed by atoms with van der Waals surface area (Å²) in [6.07, 6.45) is 1.14. The summed E-state index contributed by atoms with van der Waals surface area (Å²) in [5, 5.41) is 7.52. The van der Waals surface area contributed by atoms with Crippen LogP contribution in [0, 0.1) is 0 Å². The molecule has 1 aromatic heterocycles. The summed E-state index contributed by atoms with van der Waals surface area (Å²) in [5.41, 5.74) is 0. The smallest absolute Gasteiger partial charge is 0.246 e. The molecule has 3 amide bonds. The van der Waals surface area contributed by atoms with Crippen molar-refractivity contribution in [1.29, 1.82) is 0 Å². The second-order valence-corrected chi connectivity index (χ2v) is 6.45. The number of hydrogen-bond acceptors (Lipinski definition) is 4. The molecule has 0 saturated carbocycles. The molecule has 6 nitrogen and oxygen atoms in total. The van der Waals surface area contributed by atoms with Crippen molar-refractivity contribution in [2.75, 3.05) is 6.54 Å². The highest BCUT2D eigenvalue weighted by Crippen LogP contribution is 2.24. The molecule has 2 fully saturated rings. The first kappa shape index (κ1) is 14.1. The Kier molecular flexibility index (Phi) is 3.67. The summed E-state index contributed by atoms with van der Waals surface area (Å²) in [4.78, 5) is 38.7. The minimum atomic E-state index is -0.569. The van der Waals surface area contributed by atoms with Gasteiger partial charge in [-0.2, -0.15) is 0 Å². The van der Waals surface area contributed by atoms with Crippen LogP contribution in [0.1, 0.15) is 18.2 Å². The molecule has 3 heterocycles. The molecular weight excluding hydrogens is 290 g/mol. The number of thiophene rings is 1. The monoisotopic (exact) mass is 307 g/mol. The van der Waals surface area contributed by atoms with Gasteiger partial charge in [0, 0.05) is 24.8 Å². The summed E-state index contributed by atoms with van der Waals surface area (Å²) in [6.45, 7) is 1.94. The van der Waals surface area contributed by atoms with Crippen molar-refractivity contribution in [2.45, 2.75) is 37.9 Å². The third-order valence-corrected chi connectivity index (χ3v) is 4.84. The number of piperazine rings is 1. The van der Waals surface area contributed by atoms with Crippen LogP contribution in [0.5, 0.6) is 0 Å². The molecule has 0 bridgehead atoms. The maximum atomic E-state index is 12.5. The highest BCUT2D eigenvalue weighted by Gasteiger charge is 2.48. The third-order valence-electron chi connectivity index (χ3n) is 3.94. The molecule has 0 aromatic carbocycles. The SMILES string of the molecule is CC(=O)N[C@@H]1CCN2C(=O)[C@H](Cc3cccs3)NC(=O)[C@H]12. The normalized spacial score (nSPS) is 28.2. The van der Waals surface area contributed by atoms with Gasteiger partial charge in [-0.25, -0.2) is 0 Å². The molecule has 7 heteroatoms. The average Bonchev–Trinajstić information content (AvgIpc) is 3.05. The van der Waals surface area contributed by atoms with E-state index >= 15 is 0 Å². The maximum Gasteiger partial charge on any atom is 0.246 e. The van der Waals surface area contributed by atoms with Crippen molar-refractivity contribution in [3.05, 3.63) is 22.4 Å². The fraction of sp³-hybridized carbons (Fsp3) is 0.500. The van der Waals surface area contributed by atoms with Crippen LogP contribution in [0.25, 0.3) is 0 Å². The number of nitrogens with zero attached hydrogens (tertiary/aromatic N) is 1. The van der Waals surface area contributed by atoms with Crippen LogP contribution >= 0.6 is 11.3 Å². The molecule has 2 N–H and O–H groups in total. The first-order valence-corrected chi connectivity index (χ1v) is 7.84. The van der Waals surface area contributed by atoms with E-state index in [1.807, 2.05) is 17.5 Å². The van der Waals surface area contributed by atoms with Crippen molar-refractivity contribution in [1.82, 2.24) is 15.5 Å². The zero-order valence-electron chi connectivity index (χ0n) is 11.7. The molecule has 21 heavy (non-hydrogen) atoms. The van der Waals surface area contributed by atoms with Crippen LogP contribution < -0.4 is 10.6 Å². The fourth-order valence-corrected chi connectivity index (χ4v) is 3.82. The minimum Gasteiger partial charge on any atom is -0.351 e. The van der Waals surface area contributed by atoms with Gasteiger partial charge < -0.3 is 15.5 Å². The van der Waals surface area contributed by atoms with Crippen molar-refractivity contribution in [2.24, 2.45) is 0 Å². The molecule has 2 aliphatic rings. The molecule has 0 spiro atoms. The molecule has 3 atom stereocenters. The van der Waals surface area contributed by atoms with Gasteiger partial charge in [-0.3, -0.25) is 14.4 Å². The van der Waals surface area contributed by atoms with E-state index in [9.17, 15) is 14.4 Å². The molecule has 1 aromatic rings. The summed E-state index contributed by atoms with van der Waals surface area (Å²) in [6, 6.07) is 2.54. The van der Waals surface area contributed by atoms with Crippen molar-refractivity contribution in [3.63, 3.8) is 0 Å². The van der Waals surface area contributed by atoms with Gasteiger partial charge in [0.25, 0.3) is 0 Å². The van der Waals surface area contributed by atoms with E-state index in [0.29, 0.717) is 19.4 Å². The summed E-state index contributed by atoms with van der Waals surface area (Å²) < 4.78 is 0. The van der Waals surface area contributed by atoms with Gasteiger partial charge in [-0.1, -0.05) is 6.07 Å². The first-order valence-electron chi connectivity index (χ1n) is 6.96. The largest absolute Gasteiger partial charge is 0.351 e. The van der Waals surface area contributed by atoms with Crippen molar-refractivity contribution >= 4 is 29.1 Å². The lowest BCUT2D eigenvalue weighted by Gasteiger charge is -2.36. The van der Waals surface area contributed by atoms with Gasteiger partial charge in [0.2, 0.25) is 17.7 Å². The fourth-order valence-electron chi connectivity index (χ4n) is 3.06. The Balaban J connectivity index is 1.74. The third kappa shape index (κ3) is 2.65. The van der Waals surface area contributed by atoms with Gasteiger partial charge in [0.05, 0.1) is 6.04 Å². The lowest BCUT2D eigenvalue weighted by molar-refractivity contribution is -0.147. The van der Waals surface area contributed by atoms with Crippen LogP contribution in [0.3, 0.4) is 0 Å². The highest BCUT2D eigenvalue weighted by atomic mass is 32.1. The first-order chi connectivity index (χ1) is 10.1. The lowest BCUT2D eigenvalue weighted by Crippen LogP contribution is -2.65. The number of amides is 3. The second kappa shape index (κ2) is 5.48. The molecular formula is C14H17N3O3S. The molecule has 0 radical (unpaired) electrons. The number of rotatable bonds is 3. The van der Waals surface area contributed by atoms with Gasteiger partial charge >= 0.3 is 0 Å². The van der Waals surface area contributed by atoms with E-state index in [2.05, 4.69) is 10.6 Å². The maximum absolute atomic E-state index is 12.5. The zero-order chi connectivity index (χ0) is 15.0. The Bertz CT molecular complexity index is 572. The van der Waals surface area contributed by atoms with E-state index in [1.165, 1.54) is 6.92 Å². The standard InChI is InChI=1S/C14H17N3O3S/c1-8(18)15-10-4-5-17-12(10)13(19)16-11(14(17)20)7-9-3-2-6-21-9/h2-3,6,10-12H,4-5,7H2,1H3,(H,15,18)(H,16,19)/t10-,11+,12+/m1/s1. The topological polar surface area (TPSA) is 78.5 Å². The number of hydrogen-bond donors (Lipinski definition) is 2. The van der Waals surface area contributed by atoms with Gasteiger partial charge in [-0.05, 0) is 17.9 Å². The van der Waals surface area contributed by atoms with Crippen molar-refractivity contribution < 1.29 is 14.4 Å². The number of fused-ring (bicyclic) bond motifs is 1. The molecule has 0 unspecified atom stereocenters. The quantitative estimate of drug-likeness (QED) is 0.818. The van der Waals surface area contributed by atoms with Gasteiger partial charge in [0.15, 0.2) is 0 Å². The molecule has 112 valence electrons. The van der Waals surface area contributed by atoms with Gasteiger partial charge in [-0.15, -0.1) is 11.3 Å². The predicted molar refractivity (Wildman–Crippen MR) is 77.7 cm³/mol. The zero-order valence-corrected chi connectivity index (χ0v) is 12.5. The van der Waals surface area contributed by atoms with Gasteiger partial charge in [0.1, 0.15) is 12.1 Å². The van der Waals surface area contributed by atoms with Crippen LogP contribution in [0.4, 0.5) is 0 Å². The van der Waals surface area contributed by atoms with E-state index in [0.717, 1.165) is 4.88 Å². The Hall–Kier alpha value is -1.89. The van der Waals surface area contributed by atoms with E-state index in [4.69, 9.17) is 0 Å². The Labute approximate surface area is 126 Å². The van der Waals surface area contributed by atoms with Crippen LogP contribution in [0.2, 0.25) is 0 Å². The van der Waals surface area contributed by atoms with Crippen LogP contribution in [-0.2, 0) is 20.8 Å². The lowest BCUT2D eigenvalue weighted by atomic mass is 10.0. The predicted octanol–water partition coefficient (Wildman–Crippen LogP) is -0.105. The Morgan fingerprint density at radius 1 is 1.52 bits per heavy atom. The van der Waals surface area contributed by atoms with Crippen molar-refractivity contribution in [3.8, 4) is 0 Å². The minimum absolute atomic E-state index is 0.0548. The molecule has 2 saturated heterocycles. The summed E-state index contributed by atoms with van der Waals surface area (Å²) in [7, 11) is 0. The average molecular weight is 307 g/mol. The van der Waals surface area contributed by atoms with Crippen LogP contribution in [-0.4, -0.2) is 47.3 Å². The van der Waals surface area contributed by atoms with E-state index in [-0.39, 0.29) is 23.8 Å². The molecule has 2 aliphatic heterocycles. The summed E-state index contributed by atoms with van der Waals surface area (Å²) >= 11 is 1.58.